The molecular formula is C25H30N2O2. The second-order valence-corrected chi connectivity index (χ2v) is 7.93. The van der Waals surface area contributed by atoms with Crippen LogP contribution in [0.5, 0.6) is 5.75 Å². The van der Waals surface area contributed by atoms with Crippen LogP contribution in [0.25, 0.3) is 5.57 Å². The number of rotatable bonds is 5. The molecule has 1 spiro atoms. The van der Waals surface area contributed by atoms with Crippen LogP contribution in [0.2, 0.25) is 0 Å². The van der Waals surface area contributed by atoms with E-state index in [1.54, 1.807) is 0 Å². The average molecular weight is 391 g/mol. The zero-order chi connectivity index (χ0) is 20.3. The van der Waals surface area contributed by atoms with Crippen LogP contribution in [0.4, 0.5) is 0 Å². The van der Waals surface area contributed by atoms with Gasteiger partial charge in [-0.15, -0.1) is 0 Å². The molecule has 2 aliphatic rings. The lowest BCUT2D eigenvalue weighted by Crippen LogP contribution is -2.46. The maximum absolute atomic E-state index is 12.6. The summed E-state index contributed by atoms with van der Waals surface area (Å²) in [6.45, 7) is 7.46. The Kier molecular flexibility index (Phi) is 5.72. The summed E-state index contributed by atoms with van der Waals surface area (Å²) in [4.78, 5) is 14.4. The molecule has 0 bridgehead atoms. The van der Waals surface area contributed by atoms with Gasteiger partial charge in [0.25, 0.3) is 5.91 Å². The Morgan fingerprint density at radius 1 is 1.03 bits per heavy atom. The molecule has 0 saturated carbocycles. The van der Waals surface area contributed by atoms with Crippen molar-refractivity contribution in [3.05, 3.63) is 71.3 Å². The second kappa shape index (κ2) is 8.42. The first kappa shape index (κ1) is 19.7. The molecule has 4 nitrogen and oxygen atoms in total. The Morgan fingerprint density at radius 2 is 1.72 bits per heavy atom. The normalized spacial score (nSPS) is 17.2. The van der Waals surface area contributed by atoms with E-state index in [2.05, 4.69) is 41.7 Å². The fourth-order valence-electron chi connectivity index (χ4n) is 4.39. The van der Waals surface area contributed by atoms with Crippen LogP contribution >= 0.6 is 0 Å². The first-order chi connectivity index (χ1) is 14.1. The van der Waals surface area contributed by atoms with Gasteiger partial charge < -0.3 is 15.0 Å². The average Bonchev–Trinajstić information content (AvgIpc) is 2.75. The van der Waals surface area contributed by atoms with Crippen molar-refractivity contribution in [3.63, 3.8) is 0 Å². The van der Waals surface area contributed by atoms with Gasteiger partial charge in [-0.2, -0.15) is 0 Å². The highest BCUT2D eigenvalue weighted by Crippen LogP contribution is 2.41. The lowest BCUT2D eigenvalue weighted by molar-refractivity contribution is 0.0772. The maximum Gasteiger partial charge on any atom is 0.253 e. The number of ether oxygens (including phenoxy) is 1. The van der Waals surface area contributed by atoms with Crippen molar-refractivity contribution in [2.45, 2.75) is 38.7 Å². The van der Waals surface area contributed by atoms with Crippen molar-refractivity contribution in [2.24, 2.45) is 0 Å². The van der Waals surface area contributed by atoms with E-state index in [0.717, 1.165) is 56.8 Å². The van der Waals surface area contributed by atoms with Gasteiger partial charge in [0.05, 0.1) is 0 Å². The van der Waals surface area contributed by atoms with Crippen molar-refractivity contribution in [3.8, 4) is 5.75 Å². The third kappa shape index (κ3) is 4.08. The van der Waals surface area contributed by atoms with Gasteiger partial charge in [-0.05, 0) is 68.8 Å². The zero-order valence-electron chi connectivity index (χ0n) is 17.4. The van der Waals surface area contributed by atoms with Crippen molar-refractivity contribution >= 4 is 11.5 Å². The number of carbonyl (C=O) groups is 1. The van der Waals surface area contributed by atoms with Crippen LogP contribution in [0.3, 0.4) is 0 Å². The molecule has 0 aromatic heterocycles. The van der Waals surface area contributed by atoms with Crippen LogP contribution in [-0.2, 0) is 6.42 Å². The molecule has 1 fully saturated rings. The lowest BCUT2D eigenvalue weighted by Gasteiger charge is -2.40. The number of nitrogens with one attached hydrogen (secondary N) is 1. The summed E-state index contributed by atoms with van der Waals surface area (Å²) in [5, 5.41) is 3.44. The summed E-state index contributed by atoms with van der Waals surface area (Å²) in [5.41, 5.74) is 4.27. The van der Waals surface area contributed by atoms with Gasteiger partial charge in [-0.25, -0.2) is 0 Å². The highest BCUT2D eigenvalue weighted by Gasteiger charge is 2.36. The first-order valence-corrected chi connectivity index (χ1v) is 10.7. The molecule has 0 unspecified atom stereocenters. The standard InChI is InChI=1S/C25H30N2O2/c1-3-27(4-2)24(28)20-11-9-19(10-12-20)17-21-18-25(13-15-26-16-14-25)29-23-8-6-5-7-22(21)23/h5-12,18,26H,3-4,13-17H2,1-2H3. The van der Waals surface area contributed by atoms with Crippen LogP contribution in [0.15, 0.2) is 54.6 Å². The summed E-state index contributed by atoms with van der Waals surface area (Å²) in [6, 6.07) is 16.4. The highest BCUT2D eigenvalue weighted by molar-refractivity contribution is 5.94. The van der Waals surface area contributed by atoms with Crippen molar-refractivity contribution in [1.29, 1.82) is 0 Å². The van der Waals surface area contributed by atoms with Crippen molar-refractivity contribution in [1.82, 2.24) is 10.2 Å². The van der Waals surface area contributed by atoms with Gasteiger partial charge in [-0.1, -0.05) is 30.3 Å². The van der Waals surface area contributed by atoms with Gasteiger partial charge in [0.15, 0.2) is 0 Å². The molecule has 2 aromatic rings. The van der Waals surface area contributed by atoms with Crippen LogP contribution in [-0.4, -0.2) is 42.6 Å². The zero-order valence-corrected chi connectivity index (χ0v) is 17.4. The van der Waals surface area contributed by atoms with Crippen molar-refractivity contribution in [2.75, 3.05) is 26.2 Å². The molecule has 0 aliphatic carbocycles. The van der Waals surface area contributed by atoms with E-state index >= 15 is 0 Å². The molecule has 2 aromatic carbocycles. The number of nitrogens with zero attached hydrogens (tertiary/aromatic N) is 1. The largest absolute Gasteiger partial charge is 0.482 e. The van der Waals surface area contributed by atoms with Gasteiger partial charge in [-0.3, -0.25) is 4.79 Å². The predicted molar refractivity (Wildman–Crippen MR) is 117 cm³/mol. The third-order valence-electron chi connectivity index (χ3n) is 6.08. The van der Waals surface area contributed by atoms with E-state index in [1.165, 1.54) is 16.7 Å². The molecule has 1 N–H and O–H groups in total. The molecule has 0 atom stereocenters. The van der Waals surface area contributed by atoms with Crippen LogP contribution in [0, 0.1) is 0 Å². The topological polar surface area (TPSA) is 41.6 Å². The quantitative estimate of drug-likeness (QED) is 0.827. The minimum absolute atomic E-state index is 0.103. The molecule has 1 amide bonds. The van der Waals surface area contributed by atoms with E-state index in [9.17, 15) is 4.79 Å². The monoisotopic (exact) mass is 390 g/mol. The minimum Gasteiger partial charge on any atom is -0.482 e. The molecule has 4 rings (SSSR count). The molecule has 0 radical (unpaired) electrons. The number of amides is 1. The Labute approximate surface area is 173 Å². The summed E-state index contributed by atoms with van der Waals surface area (Å²) in [7, 11) is 0. The number of fused-ring (bicyclic) bond motifs is 1. The summed E-state index contributed by atoms with van der Waals surface area (Å²) in [5.74, 6) is 1.09. The Hall–Kier alpha value is -2.59. The number of carbonyl (C=O) groups excluding carboxylic acids is 1. The van der Waals surface area contributed by atoms with Gasteiger partial charge in [0.2, 0.25) is 0 Å². The number of benzene rings is 2. The lowest BCUT2D eigenvalue weighted by atomic mass is 9.83. The molecule has 29 heavy (non-hydrogen) atoms. The number of hydrogen-bond acceptors (Lipinski definition) is 3. The Morgan fingerprint density at radius 3 is 2.41 bits per heavy atom. The smallest absolute Gasteiger partial charge is 0.253 e. The van der Waals surface area contributed by atoms with E-state index in [-0.39, 0.29) is 11.5 Å². The molecule has 2 aliphatic heterocycles. The molecule has 1 saturated heterocycles. The minimum atomic E-state index is -0.201. The van der Waals surface area contributed by atoms with Crippen LogP contribution < -0.4 is 10.1 Å². The van der Waals surface area contributed by atoms with Gasteiger partial charge in [0, 0.05) is 37.1 Å². The molecule has 2 heterocycles. The third-order valence-corrected chi connectivity index (χ3v) is 6.08. The first-order valence-electron chi connectivity index (χ1n) is 10.7. The number of para-hydroxylation sites is 1. The van der Waals surface area contributed by atoms with E-state index in [0.29, 0.717) is 0 Å². The number of hydrogen-bond donors (Lipinski definition) is 1. The Bertz CT molecular complexity index is 891. The SMILES string of the molecule is CCN(CC)C(=O)c1ccc(CC2=CC3(CCNCC3)Oc3ccccc32)cc1. The van der Waals surface area contributed by atoms with Crippen LogP contribution in [0.1, 0.15) is 48.2 Å². The summed E-state index contributed by atoms with van der Waals surface area (Å²) >= 11 is 0. The van der Waals surface area contributed by atoms with Gasteiger partial charge in [0.1, 0.15) is 11.4 Å². The molecule has 152 valence electrons. The fraction of sp³-hybridized carbons (Fsp3) is 0.400. The van der Waals surface area contributed by atoms with Crippen molar-refractivity contribution < 1.29 is 9.53 Å². The number of piperidine rings is 1. The van der Waals surface area contributed by atoms with Gasteiger partial charge >= 0.3 is 0 Å². The Balaban J connectivity index is 1.59. The predicted octanol–water partition coefficient (Wildman–Crippen LogP) is 4.31. The maximum atomic E-state index is 12.6. The molecule has 4 heteroatoms. The highest BCUT2D eigenvalue weighted by atomic mass is 16.5. The van der Waals surface area contributed by atoms with E-state index in [4.69, 9.17) is 4.74 Å². The summed E-state index contributed by atoms with van der Waals surface area (Å²) < 4.78 is 6.46. The number of allylic oxidation sites excluding steroid dienone is 1. The van der Waals surface area contributed by atoms with E-state index < -0.39 is 0 Å². The molecular weight excluding hydrogens is 360 g/mol. The second-order valence-electron chi connectivity index (χ2n) is 7.93. The van der Waals surface area contributed by atoms with E-state index in [1.807, 2.05) is 36.9 Å². The summed E-state index contributed by atoms with van der Waals surface area (Å²) in [6.07, 6.45) is 5.17. The fourth-order valence-corrected chi connectivity index (χ4v) is 4.39.